The molecular weight excluding hydrogens is 323 g/mol. The Labute approximate surface area is 150 Å². The molecular formula is C20H34ClOP. The molecule has 2 unspecified atom stereocenters. The van der Waals surface area contributed by atoms with Crippen molar-refractivity contribution in [3.8, 4) is 5.75 Å². The van der Waals surface area contributed by atoms with E-state index in [0.29, 0.717) is 7.93 Å². The van der Waals surface area contributed by atoms with Crippen LogP contribution < -0.4 is 4.74 Å². The zero-order valence-electron chi connectivity index (χ0n) is 16.0. The van der Waals surface area contributed by atoms with Gasteiger partial charge in [-0.3, -0.25) is 0 Å². The molecule has 2 atom stereocenters. The van der Waals surface area contributed by atoms with E-state index in [4.69, 9.17) is 16.0 Å². The molecule has 0 aliphatic carbocycles. The molecule has 1 rings (SSSR count). The summed E-state index contributed by atoms with van der Waals surface area (Å²) in [6.07, 6.45) is 5.93. The summed E-state index contributed by atoms with van der Waals surface area (Å²) in [7, 11) is 2.16. The smallest absolute Gasteiger partial charge is 0.125 e. The quantitative estimate of drug-likeness (QED) is 0.350. The van der Waals surface area contributed by atoms with E-state index in [0.717, 1.165) is 18.6 Å². The zero-order chi connectivity index (χ0) is 17.7. The van der Waals surface area contributed by atoms with E-state index in [1.165, 1.54) is 36.0 Å². The molecule has 0 radical (unpaired) electrons. The number of halogens is 1. The summed E-state index contributed by atoms with van der Waals surface area (Å²) in [5.41, 5.74) is 4.04. The van der Waals surface area contributed by atoms with E-state index in [2.05, 4.69) is 53.7 Å². The van der Waals surface area contributed by atoms with Gasteiger partial charge in [-0.1, -0.05) is 77.3 Å². The zero-order valence-corrected chi connectivity index (χ0v) is 17.7. The Kier molecular flexibility index (Phi) is 7.88. The third-order valence-corrected chi connectivity index (χ3v) is 7.17. The molecule has 0 N–H and O–H groups in total. The van der Waals surface area contributed by atoms with Crippen LogP contribution in [0.25, 0.3) is 0 Å². The van der Waals surface area contributed by atoms with Crippen molar-refractivity contribution in [2.45, 2.75) is 84.2 Å². The van der Waals surface area contributed by atoms with Gasteiger partial charge in [-0.2, -0.15) is 0 Å². The van der Waals surface area contributed by atoms with Gasteiger partial charge in [-0.15, -0.1) is 0 Å². The van der Waals surface area contributed by atoms with Crippen LogP contribution in [0.5, 0.6) is 5.75 Å². The third-order valence-electron chi connectivity index (χ3n) is 4.85. The number of benzene rings is 1. The van der Waals surface area contributed by atoms with Crippen molar-refractivity contribution in [1.29, 1.82) is 0 Å². The second-order valence-electron chi connectivity index (χ2n) is 7.61. The average Bonchev–Trinajstić information content (AvgIpc) is 2.50. The highest BCUT2D eigenvalue weighted by molar-refractivity contribution is 7.69. The van der Waals surface area contributed by atoms with E-state index in [9.17, 15) is 0 Å². The molecule has 0 spiro atoms. The lowest BCUT2D eigenvalue weighted by molar-refractivity contribution is 0.391. The Morgan fingerprint density at radius 3 is 2.22 bits per heavy atom. The van der Waals surface area contributed by atoms with Crippen LogP contribution in [0.4, 0.5) is 0 Å². The maximum atomic E-state index is 6.56. The van der Waals surface area contributed by atoms with Gasteiger partial charge >= 0.3 is 0 Å². The fraction of sp³-hybridized carbons (Fsp3) is 0.700. The summed E-state index contributed by atoms with van der Waals surface area (Å²) in [5, 5.41) is 0.0358. The van der Waals surface area contributed by atoms with Crippen LogP contribution in [0.3, 0.4) is 0 Å². The molecule has 0 bridgehead atoms. The maximum absolute atomic E-state index is 6.56. The Morgan fingerprint density at radius 1 is 1.13 bits per heavy atom. The van der Waals surface area contributed by atoms with Crippen LogP contribution in [-0.4, -0.2) is 7.11 Å². The van der Waals surface area contributed by atoms with Gasteiger partial charge in [0, 0.05) is 10.7 Å². The highest BCUT2D eigenvalue weighted by Crippen LogP contribution is 2.54. The Bertz CT molecular complexity index is 501. The predicted octanol–water partition coefficient (Wildman–Crippen LogP) is 7.32. The number of rotatable bonds is 8. The van der Waals surface area contributed by atoms with Crippen LogP contribution in [0, 0.1) is 6.92 Å². The van der Waals surface area contributed by atoms with Gasteiger partial charge in [0.15, 0.2) is 0 Å². The van der Waals surface area contributed by atoms with Gasteiger partial charge in [0.25, 0.3) is 0 Å². The summed E-state index contributed by atoms with van der Waals surface area (Å²) >= 11 is 6.56. The molecule has 132 valence electrons. The molecule has 0 saturated heterocycles. The van der Waals surface area contributed by atoms with Crippen molar-refractivity contribution < 1.29 is 4.74 Å². The summed E-state index contributed by atoms with van der Waals surface area (Å²) in [6.45, 7) is 13.5. The Morgan fingerprint density at radius 2 is 1.78 bits per heavy atom. The van der Waals surface area contributed by atoms with Gasteiger partial charge in [-0.05, 0) is 44.2 Å². The monoisotopic (exact) mass is 356 g/mol. The molecule has 0 aromatic heterocycles. The number of hydrogen-bond donors (Lipinski definition) is 0. The highest BCUT2D eigenvalue weighted by Gasteiger charge is 2.34. The van der Waals surface area contributed by atoms with Gasteiger partial charge in [0.2, 0.25) is 0 Å². The number of ether oxygens (including phenoxy) is 1. The molecule has 1 nitrogen and oxygen atoms in total. The molecule has 0 aliphatic heterocycles. The van der Waals surface area contributed by atoms with Crippen molar-refractivity contribution in [3.63, 3.8) is 0 Å². The van der Waals surface area contributed by atoms with Gasteiger partial charge in [0.1, 0.15) is 5.75 Å². The lowest BCUT2D eigenvalue weighted by Crippen LogP contribution is -2.22. The molecule has 0 aliphatic rings. The molecule has 0 saturated carbocycles. The van der Waals surface area contributed by atoms with Crippen LogP contribution in [0.15, 0.2) is 12.1 Å². The normalized spacial score (nSPS) is 15.1. The highest BCUT2D eigenvalue weighted by atomic mass is 35.7. The van der Waals surface area contributed by atoms with Crippen LogP contribution in [-0.2, 0) is 10.6 Å². The van der Waals surface area contributed by atoms with Gasteiger partial charge < -0.3 is 4.74 Å². The van der Waals surface area contributed by atoms with Crippen molar-refractivity contribution in [2.24, 2.45) is 0 Å². The molecule has 1 aromatic rings. The Hall–Kier alpha value is -0.260. The number of unbranched alkanes of at least 4 members (excludes halogenated alkanes) is 2. The fourth-order valence-electron chi connectivity index (χ4n) is 3.18. The van der Waals surface area contributed by atoms with Crippen molar-refractivity contribution in [3.05, 3.63) is 28.8 Å². The SMILES string of the molecule is CCCCCC(CC)(PCl)c1cc(C(C)(C)C)cc(C)c1OC. The van der Waals surface area contributed by atoms with Gasteiger partial charge in [0.05, 0.1) is 7.11 Å². The molecule has 0 fully saturated rings. The van der Waals surface area contributed by atoms with Crippen LogP contribution in [0.2, 0.25) is 0 Å². The first-order valence-corrected chi connectivity index (χ1v) is 10.8. The summed E-state index contributed by atoms with van der Waals surface area (Å²) in [4.78, 5) is 0. The fourth-order valence-corrected chi connectivity index (χ4v) is 4.86. The minimum absolute atomic E-state index is 0.0358. The average molecular weight is 357 g/mol. The van der Waals surface area contributed by atoms with Crippen LogP contribution in [0.1, 0.15) is 83.4 Å². The van der Waals surface area contributed by atoms with E-state index in [1.54, 1.807) is 7.11 Å². The Balaban J connectivity index is 3.46. The largest absolute Gasteiger partial charge is 0.496 e. The first-order chi connectivity index (χ1) is 10.8. The first kappa shape index (κ1) is 20.8. The number of hydrogen-bond acceptors (Lipinski definition) is 1. The van der Waals surface area contributed by atoms with E-state index in [1.807, 2.05) is 0 Å². The summed E-state index contributed by atoms with van der Waals surface area (Å²) in [6, 6.07) is 4.63. The number of methoxy groups -OCH3 is 1. The topological polar surface area (TPSA) is 9.23 Å². The molecule has 3 heteroatoms. The minimum Gasteiger partial charge on any atom is -0.496 e. The standard InChI is InChI=1S/C20H34ClOP/c1-8-10-11-12-20(9-2,23-21)17-14-16(19(4,5)6)13-15(3)18(17)22-7/h13-14,23H,8-12H2,1-7H3. The summed E-state index contributed by atoms with van der Waals surface area (Å²) < 4.78 is 5.81. The van der Waals surface area contributed by atoms with Crippen molar-refractivity contribution in [1.82, 2.24) is 0 Å². The molecule has 23 heavy (non-hydrogen) atoms. The lowest BCUT2D eigenvalue weighted by Gasteiger charge is -2.35. The second kappa shape index (κ2) is 8.72. The third kappa shape index (κ3) is 4.86. The predicted molar refractivity (Wildman–Crippen MR) is 107 cm³/mol. The van der Waals surface area contributed by atoms with E-state index < -0.39 is 0 Å². The van der Waals surface area contributed by atoms with Gasteiger partial charge in [-0.25, -0.2) is 0 Å². The van der Waals surface area contributed by atoms with E-state index in [-0.39, 0.29) is 10.6 Å². The van der Waals surface area contributed by atoms with E-state index >= 15 is 0 Å². The maximum Gasteiger partial charge on any atom is 0.125 e. The number of aryl methyl sites for hydroxylation is 1. The lowest BCUT2D eigenvalue weighted by atomic mass is 9.80. The van der Waals surface area contributed by atoms with Crippen LogP contribution >= 0.6 is 19.2 Å². The molecule has 1 aromatic carbocycles. The minimum atomic E-state index is 0.0358. The van der Waals surface area contributed by atoms with Crippen molar-refractivity contribution >= 4 is 19.2 Å². The first-order valence-electron chi connectivity index (χ1n) is 8.83. The molecule has 0 heterocycles. The summed E-state index contributed by atoms with van der Waals surface area (Å²) in [5.74, 6) is 1.03. The van der Waals surface area contributed by atoms with Crippen molar-refractivity contribution in [2.75, 3.05) is 7.11 Å². The second-order valence-corrected chi connectivity index (χ2v) is 9.32. The molecule has 0 amide bonds.